The van der Waals surface area contributed by atoms with Gasteiger partial charge in [-0.2, -0.15) is 0 Å². The zero-order chi connectivity index (χ0) is 26.1. The molecule has 0 atom stereocenters. The molecule has 6 rings (SSSR count). The van der Waals surface area contributed by atoms with Crippen LogP contribution in [0.4, 0.5) is 4.79 Å². The monoisotopic (exact) mass is 535 g/mol. The van der Waals surface area contributed by atoms with E-state index >= 15 is 0 Å². The zero-order valence-corrected chi connectivity index (χ0v) is 21.8. The van der Waals surface area contributed by atoms with Gasteiger partial charge in [-0.3, -0.25) is 14.5 Å². The van der Waals surface area contributed by atoms with E-state index < -0.39 is 0 Å². The summed E-state index contributed by atoms with van der Waals surface area (Å²) in [6, 6.07) is 33.3. The van der Waals surface area contributed by atoms with Crippen LogP contribution in [0, 0.1) is 0 Å². The normalized spacial score (nSPS) is 14.7. The van der Waals surface area contributed by atoms with Crippen molar-refractivity contribution in [1.29, 1.82) is 0 Å². The second-order valence-electron chi connectivity index (χ2n) is 9.02. The molecule has 0 bridgehead atoms. The Bertz CT molecular complexity index is 1720. The molecule has 0 radical (unpaired) electrons. The molecule has 1 heterocycles. The van der Waals surface area contributed by atoms with Crippen molar-refractivity contribution in [3.8, 4) is 5.75 Å². The Morgan fingerprint density at radius 2 is 1.45 bits per heavy atom. The summed E-state index contributed by atoms with van der Waals surface area (Å²) in [5, 5.41) is 4.46. The summed E-state index contributed by atoms with van der Waals surface area (Å²) >= 11 is 6.98. The average Bonchev–Trinajstić information content (AvgIpc) is 3.21. The number of imide groups is 1. The number of fused-ring (bicyclic) bond motifs is 2. The number of carbonyl (C=O) groups is 2. The molecular weight excluding hydrogens is 514 g/mol. The van der Waals surface area contributed by atoms with Crippen molar-refractivity contribution in [3.63, 3.8) is 0 Å². The van der Waals surface area contributed by atoms with E-state index in [1.165, 1.54) is 4.90 Å². The first-order valence-corrected chi connectivity index (χ1v) is 13.4. The number of ether oxygens (including phenoxy) is 1. The fraction of sp³-hybridized carbons (Fsp3) is 0.0625. The van der Waals surface area contributed by atoms with Gasteiger partial charge in [-0.1, -0.05) is 96.5 Å². The minimum Gasteiger partial charge on any atom is -0.488 e. The molecule has 1 aliphatic heterocycles. The highest BCUT2D eigenvalue weighted by Gasteiger charge is 2.35. The van der Waals surface area contributed by atoms with Crippen molar-refractivity contribution in [2.45, 2.75) is 13.2 Å². The van der Waals surface area contributed by atoms with Crippen LogP contribution < -0.4 is 4.74 Å². The predicted octanol–water partition coefficient (Wildman–Crippen LogP) is 8.46. The molecule has 1 saturated heterocycles. The number of carbonyl (C=O) groups excluding carboxylic acids is 2. The lowest BCUT2D eigenvalue weighted by molar-refractivity contribution is -0.123. The number of halogens is 1. The molecule has 6 heteroatoms. The van der Waals surface area contributed by atoms with Crippen LogP contribution in [0.2, 0.25) is 5.02 Å². The number of hydrogen-bond donors (Lipinski definition) is 0. The third-order valence-corrected chi connectivity index (χ3v) is 7.76. The van der Waals surface area contributed by atoms with Crippen LogP contribution in [0.15, 0.2) is 108 Å². The fourth-order valence-corrected chi connectivity index (χ4v) is 5.61. The minimum absolute atomic E-state index is 0.221. The number of thioether (sulfide) groups is 1. The van der Waals surface area contributed by atoms with Gasteiger partial charge in [-0.05, 0) is 68.7 Å². The third kappa shape index (κ3) is 4.78. The maximum absolute atomic E-state index is 13.5. The van der Waals surface area contributed by atoms with Crippen LogP contribution in [0.5, 0.6) is 5.75 Å². The first kappa shape index (κ1) is 24.3. The third-order valence-electron chi connectivity index (χ3n) is 6.60. The van der Waals surface area contributed by atoms with Crippen LogP contribution in [0.1, 0.15) is 16.7 Å². The SMILES string of the molecule is O=C1S/C(=C/c2c(OCc3ccc(Cl)cc3)ccc3ccccc23)C(=O)N1Cc1cccc2ccccc12. The van der Waals surface area contributed by atoms with Gasteiger partial charge in [0.1, 0.15) is 12.4 Å². The fourth-order valence-electron chi connectivity index (χ4n) is 4.66. The van der Waals surface area contributed by atoms with Gasteiger partial charge in [-0.15, -0.1) is 0 Å². The Labute approximate surface area is 229 Å². The molecule has 1 fully saturated rings. The van der Waals surface area contributed by atoms with Crippen molar-refractivity contribution >= 4 is 62.1 Å². The van der Waals surface area contributed by atoms with E-state index in [-0.39, 0.29) is 17.7 Å². The minimum atomic E-state index is -0.301. The van der Waals surface area contributed by atoms with Gasteiger partial charge in [0.15, 0.2) is 0 Å². The van der Waals surface area contributed by atoms with Gasteiger partial charge < -0.3 is 4.74 Å². The molecule has 5 aromatic carbocycles. The number of hydrogen-bond acceptors (Lipinski definition) is 4. The molecule has 2 amide bonds. The second kappa shape index (κ2) is 10.4. The maximum atomic E-state index is 13.5. The largest absolute Gasteiger partial charge is 0.488 e. The molecule has 0 aliphatic carbocycles. The van der Waals surface area contributed by atoms with E-state index in [0.717, 1.165) is 50.0 Å². The lowest BCUT2D eigenvalue weighted by atomic mass is 10.0. The summed E-state index contributed by atoms with van der Waals surface area (Å²) in [6.45, 7) is 0.567. The van der Waals surface area contributed by atoms with Gasteiger partial charge in [0.25, 0.3) is 11.1 Å². The average molecular weight is 536 g/mol. The highest BCUT2D eigenvalue weighted by Crippen LogP contribution is 2.38. The smallest absolute Gasteiger partial charge is 0.293 e. The molecule has 0 spiro atoms. The molecule has 0 saturated carbocycles. The molecule has 0 N–H and O–H groups in total. The summed E-state index contributed by atoms with van der Waals surface area (Å²) in [7, 11) is 0. The quantitative estimate of drug-likeness (QED) is 0.205. The van der Waals surface area contributed by atoms with E-state index in [9.17, 15) is 9.59 Å². The number of rotatable bonds is 6. The molecule has 4 nitrogen and oxygen atoms in total. The summed E-state index contributed by atoms with van der Waals surface area (Å²) < 4.78 is 6.21. The second-order valence-corrected chi connectivity index (χ2v) is 10.4. The van der Waals surface area contributed by atoms with E-state index in [1.54, 1.807) is 6.08 Å². The van der Waals surface area contributed by atoms with Crippen molar-refractivity contribution in [3.05, 3.63) is 130 Å². The predicted molar refractivity (Wildman–Crippen MR) is 155 cm³/mol. The highest BCUT2D eigenvalue weighted by atomic mass is 35.5. The van der Waals surface area contributed by atoms with Crippen LogP contribution in [-0.2, 0) is 17.9 Å². The highest BCUT2D eigenvalue weighted by molar-refractivity contribution is 8.18. The van der Waals surface area contributed by atoms with Gasteiger partial charge in [0.05, 0.1) is 11.4 Å². The van der Waals surface area contributed by atoms with E-state index in [2.05, 4.69) is 0 Å². The van der Waals surface area contributed by atoms with E-state index in [4.69, 9.17) is 16.3 Å². The molecule has 0 unspecified atom stereocenters. The summed E-state index contributed by atoms with van der Waals surface area (Å²) in [4.78, 5) is 28.2. The number of amides is 2. The van der Waals surface area contributed by atoms with Gasteiger partial charge >= 0.3 is 0 Å². The first-order valence-electron chi connectivity index (χ1n) is 12.2. The maximum Gasteiger partial charge on any atom is 0.293 e. The Kier molecular flexibility index (Phi) is 6.62. The summed E-state index contributed by atoms with van der Waals surface area (Å²) in [6.07, 6.45) is 1.79. The van der Waals surface area contributed by atoms with Crippen molar-refractivity contribution in [2.24, 2.45) is 0 Å². The Morgan fingerprint density at radius 3 is 2.24 bits per heavy atom. The lowest BCUT2D eigenvalue weighted by Gasteiger charge is -2.15. The lowest BCUT2D eigenvalue weighted by Crippen LogP contribution is -2.27. The van der Waals surface area contributed by atoms with Gasteiger partial charge in [0.2, 0.25) is 0 Å². The van der Waals surface area contributed by atoms with Crippen molar-refractivity contribution < 1.29 is 14.3 Å². The van der Waals surface area contributed by atoms with Crippen molar-refractivity contribution in [1.82, 2.24) is 4.90 Å². The standard InChI is InChI=1S/C32H22ClNO3S/c33-25-15-12-21(13-16-25)20-37-29-17-14-23-7-2-4-11-27(23)28(29)18-30-31(35)34(32(36)38-30)19-24-9-5-8-22-6-1-3-10-26(22)24/h1-18H,19-20H2/b30-18+. The topological polar surface area (TPSA) is 46.6 Å². The van der Waals surface area contributed by atoms with E-state index in [0.29, 0.717) is 22.3 Å². The Morgan fingerprint density at radius 1 is 0.763 bits per heavy atom. The van der Waals surface area contributed by atoms with Crippen LogP contribution >= 0.6 is 23.4 Å². The molecule has 5 aromatic rings. The Balaban J connectivity index is 1.33. The van der Waals surface area contributed by atoms with Crippen LogP contribution in [0.3, 0.4) is 0 Å². The summed E-state index contributed by atoms with van der Waals surface area (Å²) in [5.74, 6) is 0.337. The zero-order valence-electron chi connectivity index (χ0n) is 20.3. The summed E-state index contributed by atoms with van der Waals surface area (Å²) in [5.41, 5.74) is 2.68. The molecular formula is C32H22ClNO3S. The molecule has 1 aliphatic rings. The van der Waals surface area contributed by atoms with E-state index in [1.807, 2.05) is 103 Å². The van der Waals surface area contributed by atoms with Crippen LogP contribution in [0.25, 0.3) is 27.6 Å². The van der Waals surface area contributed by atoms with Gasteiger partial charge in [0, 0.05) is 10.6 Å². The Hall–Kier alpha value is -4.06. The molecule has 0 aromatic heterocycles. The number of nitrogens with zero attached hydrogens (tertiary/aromatic N) is 1. The van der Waals surface area contributed by atoms with Gasteiger partial charge in [-0.25, -0.2) is 0 Å². The molecule has 38 heavy (non-hydrogen) atoms. The number of benzene rings is 5. The van der Waals surface area contributed by atoms with Crippen molar-refractivity contribution in [2.75, 3.05) is 0 Å². The molecule has 186 valence electrons. The first-order chi connectivity index (χ1) is 18.6. The van der Waals surface area contributed by atoms with Crippen LogP contribution in [-0.4, -0.2) is 16.0 Å².